The second-order valence-corrected chi connectivity index (χ2v) is 18.1. The van der Waals surface area contributed by atoms with Crippen LogP contribution in [0.2, 0.25) is 0 Å². The van der Waals surface area contributed by atoms with E-state index in [-0.39, 0.29) is 53.8 Å². The minimum Gasteiger partial charge on any atom is -0.456 e. The molecular weight excluding hydrogens is 739 g/mol. The van der Waals surface area contributed by atoms with Crippen LogP contribution in [0.5, 0.6) is 0 Å². The van der Waals surface area contributed by atoms with Gasteiger partial charge in [-0.15, -0.1) is 6.58 Å². The number of esters is 1. The van der Waals surface area contributed by atoms with E-state index in [0.717, 1.165) is 18.4 Å². The quantitative estimate of drug-likeness (QED) is 0.140. The first-order valence-electron chi connectivity index (χ1n) is 21.7. The number of rotatable bonds is 7. The van der Waals surface area contributed by atoms with Crippen molar-refractivity contribution < 1.29 is 48.7 Å². The number of hydrogen-bond donors (Lipinski definition) is 3. The zero-order chi connectivity index (χ0) is 43.5. The van der Waals surface area contributed by atoms with Crippen LogP contribution in [0.25, 0.3) is 0 Å². The number of Topliss-reactive ketones (excluding diaryl/α,β-unsaturated/α-hetero) is 1. The molecule has 0 aromatic rings. The molecule has 0 radical (unpaired) electrons. The van der Waals surface area contributed by atoms with Gasteiger partial charge in [-0.3, -0.25) is 9.59 Å². The highest BCUT2D eigenvalue weighted by atomic mass is 16.5. The van der Waals surface area contributed by atoms with E-state index < -0.39 is 59.6 Å². The number of carbonyl (C=O) groups is 3. The molecule has 0 spiro atoms. The van der Waals surface area contributed by atoms with Crippen molar-refractivity contribution in [1.29, 1.82) is 0 Å². The lowest BCUT2D eigenvalue weighted by atomic mass is 9.77. The molecule has 11 heteroatoms. The van der Waals surface area contributed by atoms with Gasteiger partial charge in [0, 0.05) is 57.6 Å². The van der Waals surface area contributed by atoms with Gasteiger partial charge in [-0.25, -0.2) is 4.79 Å². The summed E-state index contributed by atoms with van der Waals surface area (Å²) in [7, 11) is 4.93. The fraction of sp³-hybridized carbons (Fsp3) is 0.766. The summed E-state index contributed by atoms with van der Waals surface area (Å²) in [6.07, 6.45) is 8.12. The maximum atomic E-state index is 14.4. The third-order valence-electron chi connectivity index (χ3n) is 13.6. The van der Waals surface area contributed by atoms with E-state index in [4.69, 9.17) is 18.9 Å². The highest BCUT2D eigenvalue weighted by Crippen LogP contribution is 2.36. The number of fused-ring (bicyclic) bond motifs is 1. The fourth-order valence-electron chi connectivity index (χ4n) is 9.47. The Morgan fingerprint density at radius 3 is 2.17 bits per heavy atom. The molecule has 330 valence electrons. The molecule has 0 aromatic carbocycles. The molecule has 1 amide bonds. The van der Waals surface area contributed by atoms with Crippen molar-refractivity contribution in [2.24, 2.45) is 35.5 Å². The van der Waals surface area contributed by atoms with Crippen molar-refractivity contribution in [1.82, 2.24) is 4.90 Å². The minimum absolute atomic E-state index is 0.00374. The van der Waals surface area contributed by atoms with Crippen LogP contribution in [-0.2, 0) is 33.3 Å². The number of aliphatic hydroxyl groups is 3. The molecule has 0 bridgehead atoms. The molecule has 58 heavy (non-hydrogen) atoms. The highest BCUT2D eigenvalue weighted by Gasteiger charge is 2.44. The number of aliphatic hydroxyl groups excluding tert-OH is 2. The van der Waals surface area contributed by atoms with Gasteiger partial charge in [-0.1, -0.05) is 58.1 Å². The molecule has 0 aromatic heterocycles. The summed E-state index contributed by atoms with van der Waals surface area (Å²) in [4.78, 5) is 44.1. The van der Waals surface area contributed by atoms with Gasteiger partial charge in [0.25, 0.3) is 5.91 Å². The molecule has 2 heterocycles. The Labute approximate surface area is 349 Å². The highest BCUT2D eigenvalue weighted by molar-refractivity contribution is 5.97. The number of ether oxygens (including phenoxy) is 4. The summed E-state index contributed by atoms with van der Waals surface area (Å²) in [5.74, 6) is -2.66. The summed E-state index contributed by atoms with van der Waals surface area (Å²) < 4.78 is 24.0. The Balaban J connectivity index is 2.10. The summed E-state index contributed by atoms with van der Waals surface area (Å²) in [5.41, 5.74) is 0.153. The van der Waals surface area contributed by atoms with Crippen molar-refractivity contribution in [3.63, 3.8) is 0 Å². The number of amides is 1. The Hall–Kier alpha value is -2.67. The zero-order valence-electron chi connectivity index (χ0n) is 37.3. The average Bonchev–Trinajstić information content (AvgIpc) is 3.19. The number of piperidine rings is 1. The maximum absolute atomic E-state index is 14.4. The molecule has 2 aliphatic heterocycles. The largest absolute Gasteiger partial charge is 0.456 e. The lowest BCUT2D eigenvalue weighted by Gasteiger charge is -2.41. The van der Waals surface area contributed by atoms with E-state index in [2.05, 4.69) is 27.0 Å². The topological polar surface area (TPSA) is 152 Å². The molecule has 14 unspecified atom stereocenters. The second kappa shape index (κ2) is 22.8. The smallest absolute Gasteiger partial charge is 0.329 e. The second-order valence-electron chi connectivity index (χ2n) is 18.1. The first-order valence-corrected chi connectivity index (χ1v) is 21.7. The van der Waals surface area contributed by atoms with Crippen LogP contribution in [0.3, 0.4) is 0 Å². The van der Waals surface area contributed by atoms with Gasteiger partial charge in [0.05, 0.1) is 36.1 Å². The van der Waals surface area contributed by atoms with E-state index in [0.29, 0.717) is 63.5 Å². The Bertz CT molecular complexity index is 1450. The van der Waals surface area contributed by atoms with Gasteiger partial charge in [-0.2, -0.15) is 0 Å². The number of cyclic esters (lactones) is 1. The summed E-state index contributed by atoms with van der Waals surface area (Å²) in [6, 6.07) is -0.934. The van der Waals surface area contributed by atoms with Gasteiger partial charge in [0.1, 0.15) is 17.9 Å². The van der Waals surface area contributed by atoms with Gasteiger partial charge in [0.2, 0.25) is 0 Å². The fourth-order valence-corrected chi connectivity index (χ4v) is 9.47. The standard InChI is InChI=1S/C47H77NO10/c1-13-16-36-22-28(2)21-29(3)23-41(55-10)33(7)42(56-11)25-31(5)47(9,54)34(8)45(52)48-20-15-14-17-37(48)46(53)58-44(32(6)39(50)27-40(36)51)30(4)24-35-18-19-38(49)43(26-35)57-12/h13,22,24,29,31-33,35-39,41-44,49-50,54H,1,8,14-21,23,25-27H2,2-7,9-12H3/b28-22-,30-24+. The third-order valence-corrected chi connectivity index (χ3v) is 13.6. The minimum atomic E-state index is -1.62. The normalized spacial score (nSPS) is 39.9. The predicted molar refractivity (Wildman–Crippen MR) is 227 cm³/mol. The summed E-state index contributed by atoms with van der Waals surface area (Å²) >= 11 is 0. The van der Waals surface area contributed by atoms with Gasteiger partial charge >= 0.3 is 5.97 Å². The predicted octanol–water partition coefficient (Wildman–Crippen LogP) is 6.93. The van der Waals surface area contributed by atoms with Crippen LogP contribution >= 0.6 is 0 Å². The molecule has 2 fully saturated rings. The van der Waals surface area contributed by atoms with Crippen molar-refractivity contribution >= 4 is 17.7 Å². The van der Waals surface area contributed by atoms with E-state index in [9.17, 15) is 29.7 Å². The van der Waals surface area contributed by atoms with E-state index in [1.54, 1.807) is 41.3 Å². The molecule has 3 rings (SSSR count). The van der Waals surface area contributed by atoms with Crippen molar-refractivity contribution in [2.45, 2.75) is 167 Å². The molecular formula is C47H77NO10. The maximum Gasteiger partial charge on any atom is 0.329 e. The van der Waals surface area contributed by atoms with Gasteiger partial charge in [-0.05, 0) is 108 Å². The van der Waals surface area contributed by atoms with Crippen molar-refractivity contribution in [3.05, 3.63) is 48.1 Å². The van der Waals surface area contributed by atoms with Crippen molar-refractivity contribution in [2.75, 3.05) is 27.9 Å². The van der Waals surface area contributed by atoms with Crippen LogP contribution < -0.4 is 0 Å². The molecule has 11 nitrogen and oxygen atoms in total. The number of methoxy groups -OCH3 is 3. The van der Waals surface area contributed by atoms with E-state index in [1.807, 2.05) is 32.9 Å². The molecule has 1 saturated carbocycles. The van der Waals surface area contributed by atoms with Crippen LogP contribution in [0.4, 0.5) is 0 Å². The number of hydrogen-bond acceptors (Lipinski definition) is 10. The van der Waals surface area contributed by atoms with Crippen molar-refractivity contribution in [3.8, 4) is 0 Å². The number of ketones is 1. The summed E-state index contributed by atoms with van der Waals surface area (Å²) in [6.45, 7) is 21.7. The van der Waals surface area contributed by atoms with E-state index in [1.165, 1.54) is 4.90 Å². The Kier molecular flexibility index (Phi) is 19.5. The molecule has 14 atom stereocenters. The lowest BCUT2D eigenvalue weighted by molar-refractivity contribution is -0.163. The number of nitrogens with zero attached hydrogens (tertiary/aromatic N) is 1. The average molecular weight is 816 g/mol. The first-order chi connectivity index (χ1) is 27.3. The van der Waals surface area contributed by atoms with Crippen LogP contribution in [0.15, 0.2) is 48.1 Å². The van der Waals surface area contributed by atoms with Crippen LogP contribution in [0.1, 0.15) is 119 Å². The summed E-state index contributed by atoms with van der Waals surface area (Å²) in [5, 5.41) is 34.2. The lowest BCUT2D eigenvalue weighted by Crippen LogP contribution is -2.53. The Morgan fingerprint density at radius 1 is 0.914 bits per heavy atom. The number of carbonyl (C=O) groups excluding carboxylic acids is 3. The monoisotopic (exact) mass is 816 g/mol. The van der Waals surface area contributed by atoms with Crippen LogP contribution in [0, 0.1) is 35.5 Å². The van der Waals surface area contributed by atoms with Crippen LogP contribution in [-0.4, -0.2) is 114 Å². The number of allylic oxidation sites excluding steroid dienone is 4. The van der Waals surface area contributed by atoms with E-state index >= 15 is 0 Å². The Morgan fingerprint density at radius 2 is 1.55 bits per heavy atom. The van der Waals surface area contributed by atoms with Gasteiger partial charge < -0.3 is 39.2 Å². The molecule has 1 aliphatic carbocycles. The molecule has 3 aliphatic rings. The SMILES string of the molecule is C=CCC1/C=C(/C)CC(C)CC(OC)C(C)C(OC)CC(C)C(C)(O)C(=C)C(=O)N2CCCCC2C(=O)OC(/C(C)=C/C2CCC(O)C(OC)C2)C(C)C(O)CC1=O. The first kappa shape index (κ1) is 49.7. The van der Waals surface area contributed by atoms with Gasteiger partial charge in [0.15, 0.2) is 0 Å². The molecule has 3 N–H and O–H groups in total. The molecule has 1 saturated heterocycles. The third kappa shape index (κ3) is 12.9. The zero-order valence-corrected chi connectivity index (χ0v) is 37.3.